The van der Waals surface area contributed by atoms with Gasteiger partial charge in [0.1, 0.15) is 0 Å². The topological polar surface area (TPSA) is 32.3 Å². The third kappa shape index (κ3) is 3.68. The molecule has 1 saturated heterocycles. The highest BCUT2D eigenvalue weighted by Crippen LogP contribution is 2.26. The minimum Gasteiger partial charge on any atom is -0.345 e. The van der Waals surface area contributed by atoms with Gasteiger partial charge in [-0.25, -0.2) is 0 Å². The second-order valence-corrected chi connectivity index (χ2v) is 5.79. The summed E-state index contributed by atoms with van der Waals surface area (Å²) in [5.74, 6) is 1.33. The van der Waals surface area contributed by atoms with Gasteiger partial charge in [-0.3, -0.25) is 4.79 Å². The highest BCUT2D eigenvalue weighted by atomic mass is 32.2. The standard InChI is InChI=1S/C11H22N2OS/c1-5-13(4)11(14)9(3)12-10-6-8(2)15-7-10/h8-10,12H,5-7H2,1-4H3. The Balaban J connectivity index is 2.35. The number of hydrogen-bond acceptors (Lipinski definition) is 3. The smallest absolute Gasteiger partial charge is 0.239 e. The van der Waals surface area contributed by atoms with E-state index in [4.69, 9.17) is 0 Å². The largest absolute Gasteiger partial charge is 0.345 e. The van der Waals surface area contributed by atoms with Gasteiger partial charge in [0.05, 0.1) is 6.04 Å². The molecule has 0 aromatic carbocycles. The summed E-state index contributed by atoms with van der Waals surface area (Å²) in [7, 11) is 1.85. The first kappa shape index (κ1) is 12.8. The molecule has 0 saturated carbocycles. The van der Waals surface area contributed by atoms with E-state index in [0.717, 1.165) is 17.5 Å². The van der Waals surface area contributed by atoms with Crippen molar-refractivity contribution in [1.29, 1.82) is 0 Å². The van der Waals surface area contributed by atoms with E-state index in [1.165, 1.54) is 6.42 Å². The Bertz CT molecular complexity index is 223. The van der Waals surface area contributed by atoms with Crippen LogP contribution in [0.25, 0.3) is 0 Å². The van der Waals surface area contributed by atoms with Gasteiger partial charge in [-0.15, -0.1) is 0 Å². The van der Waals surface area contributed by atoms with Gasteiger partial charge in [0.25, 0.3) is 0 Å². The maximum Gasteiger partial charge on any atom is 0.239 e. The third-order valence-corrected chi connectivity index (χ3v) is 4.26. The fourth-order valence-electron chi connectivity index (χ4n) is 1.84. The first-order chi connectivity index (χ1) is 7.04. The van der Waals surface area contributed by atoms with Gasteiger partial charge >= 0.3 is 0 Å². The fraction of sp³-hybridized carbons (Fsp3) is 0.909. The molecule has 0 bridgehead atoms. The van der Waals surface area contributed by atoms with E-state index in [0.29, 0.717) is 6.04 Å². The van der Waals surface area contributed by atoms with Crippen molar-refractivity contribution < 1.29 is 4.79 Å². The molecular formula is C11H22N2OS. The molecular weight excluding hydrogens is 208 g/mol. The van der Waals surface area contributed by atoms with Crippen LogP contribution in [0.15, 0.2) is 0 Å². The van der Waals surface area contributed by atoms with Gasteiger partial charge in [0.15, 0.2) is 0 Å². The van der Waals surface area contributed by atoms with Crippen LogP contribution in [0.5, 0.6) is 0 Å². The Morgan fingerprint density at radius 3 is 2.80 bits per heavy atom. The monoisotopic (exact) mass is 230 g/mol. The number of nitrogens with one attached hydrogen (secondary N) is 1. The van der Waals surface area contributed by atoms with Gasteiger partial charge in [0.2, 0.25) is 5.91 Å². The van der Waals surface area contributed by atoms with Crippen molar-refractivity contribution in [2.45, 2.75) is 44.5 Å². The summed E-state index contributed by atoms with van der Waals surface area (Å²) in [6.45, 7) is 6.98. The van der Waals surface area contributed by atoms with Crippen molar-refractivity contribution in [2.24, 2.45) is 0 Å². The molecule has 1 amide bonds. The van der Waals surface area contributed by atoms with Crippen LogP contribution in [-0.2, 0) is 4.79 Å². The Morgan fingerprint density at radius 1 is 1.67 bits per heavy atom. The summed E-state index contributed by atoms with van der Waals surface area (Å²) in [6.07, 6.45) is 1.18. The molecule has 88 valence electrons. The second kappa shape index (κ2) is 5.75. The predicted molar refractivity (Wildman–Crippen MR) is 66.2 cm³/mol. The van der Waals surface area contributed by atoms with E-state index in [1.54, 1.807) is 4.90 Å². The third-order valence-electron chi connectivity index (χ3n) is 2.91. The van der Waals surface area contributed by atoms with Crippen LogP contribution in [0.1, 0.15) is 27.2 Å². The van der Waals surface area contributed by atoms with Gasteiger partial charge in [-0.1, -0.05) is 6.92 Å². The van der Waals surface area contributed by atoms with E-state index in [-0.39, 0.29) is 11.9 Å². The molecule has 1 fully saturated rings. The van der Waals surface area contributed by atoms with Gasteiger partial charge in [-0.05, 0) is 20.3 Å². The van der Waals surface area contributed by atoms with Gasteiger partial charge in [0, 0.05) is 30.6 Å². The van der Waals surface area contributed by atoms with Crippen molar-refractivity contribution in [1.82, 2.24) is 10.2 Å². The van der Waals surface area contributed by atoms with Crippen molar-refractivity contribution in [2.75, 3.05) is 19.3 Å². The summed E-state index contributed by atoms with van der Waals surface area (Å²) < 4.78 is 0. The van der Waals surface area contributed by atoms with Crippen LogP contribution in [0.3, 0.4) is 0 Å². The maximum atomic E-state index is 11.8. The molecule has 1 aliphatic rings. The van der Waals surface area contributed by atoms with Crippen molar-refractivity contribution in [3.05, 3.63) is 0 Å². The average molecular weight is 230 g/mol. The van der Waals surface area contributed by atoms with Crippen LogP contribution >= 0.6 is 11.8 Å². The average Bonchev–Trinajstić information content (AvgIpc) is 2.61. The van der Waals surface area contributed by atoms with Gasteiger partial charge in [-0.2, -0.15) is 11.8 Å². The predicted octanol–water partition coefficient (Wildman–Crippen LogP) is 1.34. The summed E-state index contributed by atoms with van der Waals surface area (Å²) in [4.78, 5) is 13.6. The molecule has 3 nitrogen and oxygen atoms in total. The lowest BCUT2D eigenvalue weighted by molar-refractivity contribution is -0.131. The molecule has 0 aromatic rings. The number of hydrogen-bond donors (Lipinski definition) is 1. The number of carbonyl (C=O) groups is 1. The zero-order chi connectivity index (χ0) is 11.4. The highest BCUT2D eigenvalue weighted by Gasteiger charge is 2.25. The maximum absolute atomic E-state index is 11.8. The Hall–Kier alpha value is -0.220. The number of carbonyl (C=O) groups excluding carboxylic acids is 1. The molecule has 0 aliphatic carbocycles. The molecule has 3 unspecified atom stereocenters. The Kier molecular flexibility index (Phi) is 4.93. The minimum absolute atomic E-state index is 0.0501. The number of likely N-dealkylation sites (N-methyl/N-ethyl adjacent to an activating group) is 1. The number of nitrogens with zero attached hydrogens (tertiary/aromatic N) is 1. The van der Waals surface area contributed by atoms with Crippen LogP contribution in [0.4, 0.5) is 0 Å². The summed E-state index contributed by atoms with van der Waals surface area (Å²) in [6, 6.07) is 0.458. The van der Waals surface area contributed by atoms with E-state index < -0.39 is 0 Å². The minimum atomic E-state index is -0.0501. The van der Waals surface area contributed by atoms with E-state index in [1.807, 2.05) is 32.7 Å². The van der Waals surface area contributed by atoms with Gasteiger partial charge < -0.3 is 10.2 Å². The first-order valence-corrected chi connectivity index (χ1v) is 6.72. The molecule has 1 heterocycles. The molecule has 4 heteroatoms. The lowest BCUT2D eigenvalue weighted by atomic mass is 10.1. The van der Waals surface area contributed by atoms with E-state index >= 15 is 0 Å². The lowest BCUT2D eigenvalue weighted by Crippen LogP contribution is -2.47. The van der Waals surface area contributed by atoms with E-state index in [9.17, 15) is 4.79 Å². The second-order valence-electron chi connectivity index (χ2n) is 4.32. The van der Waals surface area contributed by atoms with Crippen LogP contribution in [0, 0.1) is 0 Å². The van der Waals surface area contributed by atoms with Crippen LogP contribution in [0.2, 0.25) is 0 Å². The molecule has 0 aromatic heterocycles. The summed E-state index contributed by atoms with van der Waals surface area (Å²) in [5.41, 5.74) is 0. The van der Waals surface area contributed by atoms with Crippen LogP contribution < -0.4 is 5.32 Å². The quantitative estimate of drug-likeness (QED) is 0.791. The molecule has 1 aliphatic heterocycles. The number of rotatable bonds is 4. The molecule has 1 N–H and O–H groups in total. The zero-order valence-electron chi connectivity index (χ0n) is 10.1. The Morgan fingerprint density at radius 2 is 2.33 bits per heavy atom. The number of amides is 1. The summed E-state index contributed by atoms with van der Waals surface area (Å²) in [5, 5.41) is 4.14. The first-order valence-electron chi connectivity index (χ1n) is 5.67. The summed E-state index contributed by atoms with van der Waals surface area (Å²) >= 11 is 1.99. The lowest BCUT2D eigenvalue weighted by Gasteiger charge is -2.23. The highest BCUT2D eigenvalue weighted by molar-refractivity contribution is 8.00. The number of thioether (sulfide) groups is 1. The SMILES string of the molecule is CCN(C)C(=O)C(C)NC1CSC(C)C1. The molecule has 3 atom stereocenters. The van der Waals surface area contributed by atoms with Crippen molar-refractivity contribution in [3.8, 4) is 0 Å². The Labute approximate surface area is 97.0 Å². The fourth-order valence-corrected chi connectivity index (χ4v) is 3.01. The van der Waals surface area contributed by atoms with Crippen molar-refractivity contribution in [3.63, 3.8) is 0 Å². The zero-order valence-corrected chi connectivity index (χ0v) is 10.9. The molecule has 1 rings (SSSR count). The molecule has 0 radical (unpaired) electrons. The molecule has 0 spiro atoms. The van der Waals surface area contributed by atoms with Crippen molar-refractivity contribution >= 4 is 17.7 Å². The molecule has 15 heavy (non-hydrogen) atoms. The normalized spacial score (nSPS) is 27.7. The van der Waals surface area contributed by atoms with E-state index in [2.05, 4.69) is 12.2 Å². The van der Waals surface area contributed by atoms with Crippen LogP contribution in [-0.4, -0.2) is 47.5 Å².